The molecule has 1 saturated heterocycles. The summed E-state index contributed by atoms with van der Waals surface area (Å²) >= 11 is 0. The van der Waals surface area contributed by atoms with Crippen LogP contribution >= 0.6 is 0 Å². The fourth-order valence-corrected chi connectivity index (χ4v) is 6.60. The Morgan fingerprint density at radius 2 is 0.922 bits per heavy atom. The van der Waals surface area contributed by atoms with Gasteiger partial charge in [-0.25, -0.2) is 0 Å². The first kappa shape index (κ1) is 47.7. The van der Waals surface area contributed by atoms with Gasteiger partial charge in [0.05, 0.1) is 13.2 Å². The minimum Gasteiger partial charge on any atom is -0.462 e. The zero-order valence-electron chi connectivity index (χ0n) is 32.6. The lowest BCUT2D eigenvalue weighted by Crippen LogP contribution is -2.59. The van der Waals surface area contributed by atoms with Crippen LogP contribution in [-0.4, -0.2) is 89.0 Å². The zero-order valence-corrected chi connectivity index (χ0v) is 32.6. The van der Waals surface area contributed by atoms with Crippen LogP contribution in [0.3, 0.4) is 0 Å². The maximum Gasteiger partial charge on any atom is 0.306 e. The summed E-state index contributed by atoms with van der Waals surface area (Å²) in [4.78, 5) is 25.2. The van der Waals surface area contributed by atoms with Gasteiger partial charge in [0.1, 0.15) is 31.0 Å². The van der Waals surface area contributed by atoms with Gasteiger partial charge in [0.2, 0.25) is 0 Å². The Hall–Kier alpha value is -1.30. The van der Waals surface area contributed by atoms with Crippen molar-refractivity contribution in [3.05, 3.63) is 0 Å². The summed E-state index contributed by atoms with van der Waals surface area (Å²) in [6.07, 6.45) is 23.9. The van der Waals surface area contributed by atoms with E-state index >= 15 is 0 Å². The van der Waals surface area contributed by atoms with Crippen molar-refractivity contribution in [3.8, 4) is 0 Å². The fourth-order valence-electron chi connectivity index (χ4n) is 6.60. The normalized spacial score (nSPS) is 21.1. The molecule has 302 valence electrons. The van der Waals surface area contributed by atoms with E-state index in [0.29, 0.717) is 6.42 Å². The van der Waals surface area contributed by atoms with Crippen molar-refractivity contribution in [2.75, 3.05) is 19.8 Å². The summed E-state index contributed by atoms with van der Waals surface area (Å²) in [6.45, 7) is 3.43. The first-order valence-electron chi connectivity index (χ1n) is 21.1. The number of rotatable bonds is 35. The first-order chi connectivity index (χ1) is 24.8. The molecule has 0 spiro atoms. The van der Waals surface area contributed by atoms with Crippen LogP contribution in [-0.2, 0) is 28.5 Å². The van der Waals surface area contributed by atoms with E-state index in [0.717, 1.165) is 38.5 Å². The molecule has 0 amide bonds. The molecule has 0 unspecified atom stereocenters. The third-order valence-corrected chi connectivity index (χ3v) is 9.99. The number of aliphatic hydroxyl groups is 4. The summed E-state index contributed by atoms with van der Waals surface area (Å²) in [6, 6.07) is 0. The number of unbranched alkanes of at least 4 members (excludes halogenated alkanes) is 24. The Bertz CT molecular complexity index is 809. The first-order valence-corrected chi connectivity index (χ1v) is 21.1. The third-order valence-electron chi connectivity index (χ3n) is 9.99. The average Bonchev–Trinajstić information content (AvgIpc) is 3.13. The van der Waals surface area contributed by atoms with Gasteiger partial charge in [-0.3, -0.25) is 9.59 Å². The maximum atomic E-state index is 12.7. The van der Waals surface area contributed by atoms with Crippen LogP contribution in [0.4, 0.5) is 0 Å². The molecule has 0 bridgehead atoms. The van der Waals surface area contributed by atoms with Gasteiger partial charge in [-0.2, -0.15) is 0 Å². The summed E-state index contributed by atoms with van der Waals surface area (Å²) in [5.41, 5.74) is 0. The van der Waals surface area contributed by atoms with Gasteiger partial charge in [0.15, 0.2) is 12.4 Å². The summed E-state index contributed by atoms with van der Waals surface area (Å²) < 4.78 is 22.1. The topological polar surface area (TPSA) is 152 Å². The van der Waals surface area contributed by atoms with Crippen molar-refractivity contribution < 1.29 is 49.0 Å². The molecule has 0 saturated carbocycles. The number of hydrogen-bond donors (Lipinski definition) is 4. The van der Waals surface area contributed by atoms with Crippen LogP contribution in [0.2, 0.25) is 0 Å². The van der Waals surface area contributed by atoms with Crippen LogP contribution in [0.15, 0.2) is 0 Å². The zero-order chi connectivity index (χ0) is 37.4. The molecular weight excluding hydrogens is 652 g/mol. The lowest BCUT2D eigenvalue weighted by Gasteiger charge is -2.39. The standard InChI is InChI=1S/C41H78O10/c1-3-5-7-9-11-13-15-17-19-21-23-25-27-29-36(43)48-32-34(33-49-41-40(47)39(46)38(45)35(31-42)51-41)50-37(44)30-28-26-24-22-20-18-16-14-12-10-8-6-4-2/h34-35,38-42,45-47H,3-33H2,1-2H3/t34-,35-,38+,39+,40-,41+/m1/s1. The summed E-state index contributed by atoms with van der Waals surface area (Å²) in [5, 5.41) is 40.0. The van der Waals surface area contributed by atoms with Crippen molar-refractivity contribution in [3.63, 3.8) is 0 Å². The van der Waals surface area contributed by atoms with Crippen LogP contribution in [0.1, 0.15) is 194 Å². The molecule has 4 N–H and O–H groups in total. The summed E-state index contributed by atoms with van der Waals surface area (Å²) in [7, 11) is 0. The quantitative estimate of drug-likeness (QED) is 0.0371. The number of ether oxygens (including phenoxy) is 4. The molecule has 6 atom stereocenters. The van der Waals surface area contributed by atoms with Gasteiger partial charge in [-0.05, 0) is 12.8 Å². The van der Waals surface area contributed by atoms with E-state index in [1.807, 2.05) is 0 Å². The minimum absolute atomic E-state index is 0.209. The van der Waals surface area contributed by atoms with Crippen molar-refractivity contribution in [2.24, 2.45) is 0 Å². The second-order valence-corrected chi connectivity index (χ2v) is 14.8. The molecular formula is C41H78O10. The molecule has 0 aliphatic carbocycles. The van der Waals surface area contributed by atoms with Gasteiger partial charge in [-0.1, -0.05) is 168 Å². The molecule has 10 nitrogen and oxygen atoms in total. The molecule has 10 heteroatoms. The number of hydrogen-bond acceptors (Lipinski definition) is 10. The van der Waals surface area contributed by atoms with Gasteiger partial charge >= 0.3 is 11.9 Å². The van der Waals surface area contributed by atoms with Crippen molar-refractivity contribution in [2.45, 2.75) is 230 Å². The summed E-state index contributed by atoms with van der Waals surface area (Å²) in [5.74, 6) is -0.795. The highest BCUT2D eigenvalue weighted by molar-refractivity contribution is 5.70. The smallest absolute Gasteiger partial charge is 0.306 e. The Balaban J connectivity index is 2.35. The lowest BCUT2D eigenvalue weighted by molar-refractivity contribution is -0.305. The van der Waals surface area contributed by atoms with Gasteiger partial charge in [0, 0.05) is 12.8 Å². The third kappa shape index (κ3) is 25.4. The highest BCUT2D eigenvalue weighted by Crippen LogP contribution is 2.23. The Morgan fingerprint density at radius 3 is 1.33 bits per heavy atom. The second kappa shape index (κ2) is 33.3. The van der Waals surface area contributed by atoms with E-state index in [1.165, 1.54) is 122 Å². The van der Waals surface area contributed by atoms with Gasteiger partial charge in [-0.15, -0.1) is 0 Å². The van der Waals surface area contributed by atoms with Crippen LogP contribution in [0, 0.1) is 0 Å². The van der Waals surface area contributed by atoms with Crippen molar-refractivity contribution >= 4 is 11.9 Å². The van der Waals surface area contributed by atoms with Crippen LogP contribution in [0.5, 0.6) is 0 Å². The van der Waals surface area contributed by atoms with Crippen LogP contribution < -0.4 is 0 Å². The van der Waals surface area contributed by atoms with Crippen molar-refractivity contribution in [1.29, 1.82) is 0 Å². The minimum atomic E-state index is -1.59. The number of aliphatic hydroxyl groups excluding tert-OH is 4. The lowest BCUT2D eigenvalue weighted by atomic mass is 9.99. The number of carbonyl (C=O) groups is 2. The molecule has 0 radical (unpaired) electrons. The van der Waals surface area contributed by atoms with E-state index in [-0.39, 0.29) is 32.0 Å². The maximum absolute atomic E-state index is 12.7. The molecule has 51 heavy (non-hydrogen) atoms. The Kier molecular flexibility index (Phi) is 31.1. The number of carbonyl (C=O) groups excluding carboxylic acids is 2. The Labute approximate surface area is 310 Å². The predicted octanol–water partition coefficient (Wildman–Crippen LogP) is 8.22. The molecule has 1 rings (SSSR count). The molecule has 0 aromatic carbocycles. The van der Waals surface area contributed by atoms with E-state index in [4.69, 9.17) is 18.9 Å². The predicted molar refractivity (Wildman–Crippen MR) is 201 cm³/mol. The van der Waals surface area contributed by atoms with E-state index < -0.39 is 49.4 Å². The van der Waals surface area contributed by atoms with Crippen molar-refractivity contribution in [1.82, 2.24) is 0 Å². The highest BCUT2D eigenvalue weighted by Gasteiger charge is 2.44. The average molecular weight is 731 g/mol. The fraction of sp³-hybridized carbons (Fsp3) is 0.951. The van der Waals surface area contributed by atoms with Gasteiger partial charge in [0.25, 0.3) is 0 Å². The molecule has 0 aromatic rings. The SMILES string of the molecule is CCCCCCCCCCCCCCCC(=O)OC[C@H](CO[C@H]1O[C@H](CO)[C@H](O)[C@H](O)[C@H]1O)OC(=O)CCCCCCCCCCCCCCC. The van der Waals surface area contributed by atoms with E-state index in [2.05, 4.69) is 13.8 Å². The molecule has 0 aromatic heterocycles. The van der Waals surface area contributed by atoms with E-state index in [9.17, 15) is 30.0 Å². The highest BCUT2D eigenvalue weighted by atomic mass is 16.7. The molecule has 1 aliphatic rings. The monoisotopic (exact) mass is 731 g/mol. The second-order valence-electron chi connectivity index (χ2n) is 14.8. The Morgan fingerprint density at radius 1 is 0.529 bits per heavy atom. The van der Waals surface area contributed by atoms with E-state index in [1.54, 1.807) is 0 Å². The largest absolute Gasteiger partial charge is 0.462 e. The molecule has 1 fully saturated rings. The van der Waals surface area contributed by atoms with Gasteiger partial charge < -0.3 is 39.4 Å². The molecule has 1 heterocycles. The molecule has 1 aliphatic heterocycles. The number of esters is 2. The van der Waals surface area contributed by atoms with Crippen LogP contribution in [0.25, 0.3) is 0 Å².